The highest BCUT2D eigenvalue weighted by atomic mass is 32.2. The second-order valence-electron chi connectivity index (χ2n) is 4.40. The van der Waals surface area contributed by atoms with E-state index in [0.29, 0.717) is 5.75 Å². The van der Waals surface area contributed by atoms with Crippen molar-refractivity contribution in [1.82, 2.24) is 25.2 Å². The Morgan fingerprint density at radius 2 is 2.14 bits per heavy atom. The Bertz CT molecular complexity index is 841. The lowest BCUT2D eigenvalue weighted by atomic mass is 10.3. The minimum atomic E-state index is -0.497. The molecule has 0 fully saturated rings. The quantitative estimate of drug-likeness (QED) is 0.711. The molecule has 0 atom stereocenters. The van der Waals surface area contributed by atoms with Gasteiger partial charge in [0.15, 0.2) is 5.16 Å². The number of thiazole rings is 1. The lowest BCUT2D eigenvalue weighted by molar-refractivity contribution is -0.119. The first-order chi connectivity index (χ1) is 10.7. The van der Waals surface area contributed by atoms with Gasteiger partial charge >= 0.3 is 6.03 Å². The number of rotatable bonds is 4. The molecule has 1 aromatic carbocycles. The van der Waals surface area contributed by atoms with E-state index in [1.807, 2.05) is 28.7 Å². The van der Waals surface area contributed by atoms with E-state index in [0.717, 1.165) is 20.3 Å². The molecule has 9 heteroatoms. The molecule has 2 aromatic heterocycles. The second kappa shape index (κ2) is 6.32. The van der Waals surface area contributed by atoms with Crippen molar-refractivity contribution in [1.29, 1.82) is 0 Å². The second-order valence-corrected chi connectivity index (χ2v) is 6.47. The Labute approximate surface area is 134 Å². The monoisotopic (exact) mass is 335 g/mol. The fourth-order valence-corrected chi connectivity index (χ4v) is 3.84. The average molecular weight is 335 g/mol. The molecule has 0 bridgehead atoms. The lowest BCUT2D eigenvalue weighted by Gasteiger charge is -2.02. The topological polar surface area (TPSA) is 88.4 Å². The van der Waals surface area contributed by atoms with Gasteiger partial charge in [-0.05, 0) is 12.1 Å². The van der Waals surface area contributed by atoms with Gasteiger partial charge in [-0.1, -0.05) is 35.2 Å². The average Bonchev–Trinajstić information content (AvgIpc) is 3.06. The zero-order valence-corrected chi connectivity index (χ0v) is 13.3. The van der Waals surface area contributed by atoms with E-state index in [-0.39, 0.29) is 12.3 Å². The number of thioether (sulfide) groups is 1. The zero-order valence-electron chi connectivity index (χ0n) is 11.7. The normalized spacial score (nSPS) is 11.0. The van der Waals surface area contributed by atoms with E-state index < -0.39 is 6.03 Å². The first-order valence-corrected chi connectivity index (χ1v) is 8.36. The van der Waals surface area contributed by atoms with Crippen LogP contribution in [0.3, 0.4) is 0 Å². The Balaban J connectivity index is 1.69. The van der Waals surface area contributed by atoms with Gasteiger partial charge in [-0.2, -0.15) is 0 Å². The molecule has 7 nitrogen and oxygen atoms in total. The third-order valence-electron chi connectivity index (χ3n) is 2.95. The number of benzene rings is 1. The molecule has 0 saturated carbocycles. The van der Waals surface area contributed by atoms with Crippen LogP contribution in [0.1, 0.15) is 6.42 Å². The Hall–Kier alpha value is -2.13. The standard InChI is InChI=1S/C13H13N5O2S2/c1-14-11(20)15-10(19)6-7-21-12-16-17-13-18(12)8-4-2-3-5-9(8)22-13/h2-5H,6-7H2,1H3,(H2,14,15,19,20). The Morgan fingerprint density at radius 3 is 2.95 bits per heavy atom. The number of amides is 3. The van der Waals surface area contributed by atoms with Crippen molar-refractivity contribution in [2.24, 2.45) is 0 Å². The molecule has 2 heterocycles. The van der Waals surface area contributed by atoms with Crippen LogP contribution in [0, 0.1) is 0 Å². The van der Waals surface area contributed by atoms with Gasteiger partial charge in [-0.3, -0.25) is 14.5 Å². The van der Waals surface area contributed by atoms with Crippen molar-refractivity contribution >= 4 is 50.2 Å². The molecule has 0 spiro atoms. The van der Waals surface area contributed by atoms with E-state index >= 15 is 0 Å². The van der Waals surface area contributed by atoms with Crippen molar-refractivity contribution in [3.63, 3.8) is 0 Å². The lowest BCUT2D eigenvalue weighted by Crippen LogP contribution is -2.37. The van der Waals surface area contributed by atoms with E-state index in [1.54, 1.807) is 11.3 Å². The number of carbonyl (C=O) groups is 2. The van der Waals surface area contributed by atoms with Gasteiger partial charge in [0.05, 0.1) is 10.2 Å². The van der Waals surface area contributed by atoms with Crippen molar-refractivity contribution in [2.45, 2.75) is 11.6 Å². The molecule has 0 aliphatic carbocycles. The summed E-state index contributed by atoms with van der Waals surface area (Å²) in [5, 5.41) is 13.6. The van der Waals surface area contributed by atoms with E-state index in [9.17, 15) is 9.59 Å². The van der Waals surface area contributed by atoms with Gasteiger partial charge in [0.1, 0.15) is 0 Å². The van der Waals surface area contributed by atoms with Crippen molar-refractivity contribution in [3.05, 3.63) is 24.3 Å². The third-order valence-corrected chi connectivity index (χ3v) is 4.89. The highest BCUT2D eigenvalue weighted by Gasteiger charge is 2.13. The van der Waals surface area contributed by atoms with E-state index in [2.05, 4.69) is 20.8 Å². The number of aromatic nitrogens is 3. The third kappa shape index (κ3) is 2.90. The van der Waals surface area contributed by atoms with Crippen LogP contribution in [0.5, 0.6) is 0 Å². The van der Waals surface area contributed by atoms with E-state index in [1.165, 1.54) is 18.8 Å². The minimum Gasteiger partial charge on any atom is -0.341 e. The Morgan fingerprint density at radius 1 is 1.32 bits per heavy atom. The largest absolute Gasteiger partial charge is 0.341 e. The van der Waals surface area contributed by atoms with Crippen molar-refractivity contribution in [3.8, 4) is 0 Å². The highest BCUT2D eigenvalue weighted by molar-refractivity contribution is 7.99. The summed E-state index contributed by atoms with van der Waals surface area (Å²) in [6.45, 7) is 0. The first-order valence-electron chi connectivity index (χ1n) is 6.56. The summed E-state index contributed by atoms with van der Waals surface area (Å²) in [6, 6.07) is 7.52. The molecule has 3 aromatic rings. The van der Waals surface area contributed by atoms with Crippen LogP contribution in [0.25, 0.3) is 15.2 Å². The van der Waals surface area contributed by atoms with Crippen LogP contribution in [0.2, 0.25) is 0 Å². The molecule has 3 amide bonds. The summed E-state index contributed by atoms with van der Waals surface area (Å²) >= 11 is 3.02. The molecule has 114 valence electrons. The molecule has 22 heavy (non-hydrogen) atoms. The minimum absolute atomic E-state index is 0.231. The van der Waals surface area contributed by atoms with Crippen LogP contribution >= 0.6 is 23.1 Å². The number of nitrogens with zero attached hydrogens (tertiary/aromatic N) is 3. The number of nitrogens with one attached hydrogen (secondary N) is 2. The summed E-state index contributed by atoms with van der Waals surface area (Å²) in [5.41, 5.74) is 1.06. The van der Waals surface area contributed by atoms with Crippen LogP contribution in [-0.4, -0.2) is 39.3 Å². The molecule has 0 aliphatic rings. The maximum absolute atomic E-state index is 11.5. The summed E-state index contributed by atoms with van der Waals surface area (Å²) < 4.78 is 3.13. The van der Waals surface area contributed by atoms with Crippen molar-refractivity contribution in [2.75, 3.05) is 12.8 Å². The maximum atomic E-state index is 11.5. The van der Waals surface area contributed by atoms with Gasteiger partial charge < -0.3 is 5.32 Å². The predicted octanol–water partition coefficient (Wildman–Crippen LogP) is 1.88. The summed E-state index contributed by atoms with van der Waals surface area (Å²) in [6.07, 6.45) is 0.231. The number of para-hydroxylation sites is 1. The summed E-state index contributed by atoms with van der Waals surface area (Å²) in [4.78, 5) is 23.4. The number of hydrogen-bond donors (Lipinski definition) is 2. The maximum Gasteiger partial charge on any atom is 0.321 e. The van der Waals surface area contributed by atoms with Gasteiger partial charge in [-0.15, -0.1) is 10.2 Å². The van der Waals surface area contributed by atoms with Crippen LogP contribution in [0.4, 0.5) is 4.79 Å². The van der Waals surface area contributed by atoms with Crippen LogP contribution in [0.15, 0.2) is 29.4 Å². The summed E-state index contributed by atoms with van der Waals surface area (Å²) in [5.74, 6) is 0.205. The van der Waals surface area contributed by atoms with Crippen LogP contribution in [-0.2, 0) is 4.79 Å². The molecule has 2 N–H and O–H groups in total. The number of carbonyl (C=O) groups excluding carboxylic acids is 2. The SMILES string of the molecule is CNC(=O)NC(=O)CCSc1nnc2sc3ccccc3n12. The van der Waals surface area contributed by atoms with Crippen molar-refractivity contribution < 1.29 is 9.59 Å². The van der Waals surface area contributed by atoms with Gasteiger partial charge in [0.25, 0.3) is 0 Å². The van der Waals surface area contributed by atoms with Gasteiger partial charge in [-0.25, -0.2) is 4.79 Å². The number of hydrogen-bond acceptors (Lipinski definition) is 6. The fourth-order valence-electron chi connectivity index (χ4n) is 1.94. The molecular formula is C13H13N5O2S2. The molecule has 0 radical (unpaired) electrons. The van der Waals surface area contributed by atoms with Crippen LogP contribution < -0.4 is 10.6 Å². The van der Waals surface area contributed by atoms with E-state index in [4.69, 9.17) is 0 Å². The zero-order chi connectivity index (χ0) is 15.5. The van der Waals surface area contributed by atoms with Gasteiger partial charge in [0, 0.05) is 19.2 Å². The number of fused-ring (bicyclic) bond motifs is 3. The summed E-state index contributed by atoms with van der Waals surface area (Å²) in [7, 11) is 1.46. The number of imide groups is 1. The molecular weight excluding hydrogens is 322 g/mol. The molecule has 3 rings (SSSR count). The first kappa shape index (κ1) is 14.8. The molecule has 0 saturated heterocycles. The number of urea groups is 1. The predicted molar refractivity (Wildman–Crippen MR) is 86.3 cm³/mol. The molecule has 0 aliphatic heterocycles. The highest BCUT2D eigenvalue weighted by Crippen LogP contribution is 2.29. The van der Waals surface area contributed by atoms with Gasteiger partial charge in [0.2, 0.25) is 10.9 Å². The molecule has 0 unspecified atom stereocenters. The fraction of sp³-hybridized carbons (Fsp3) is 0.231. The smallest absolute Gasteiger partial charge is 0.321 e. The Kier molecular flexibility index (Phi) is 4.25.